The van der Waals surface area contributed by atoms with Crippen LogP contribution in [0.25, 0.3) is 0 Å². The van der Waals surface area contributed by atoms with E-state index in [4.69, 9.17) is 0 Å². The smallest absolute Gasteiger partial charge is 0.241 e. The van der Waals surface area contributed by atoms with Gasteiger partial charge < -0.3 is 10.2 Å². The van der Waals surface area contributed by atoms with E-state index < -0.39 is 10.0 Å². The van der Waals surface area contributed by atoms with E-state index in [1.807, 2.05) is 19.5 Å². The lowest BCUT2D eigenvalue weighted by Crippen LogP contribution is -2.31. The van der Waals surface area contributed by atoms with Gasteiger partial charge in [-0.15, -0.1) is 11.3 Å². The summed E-state index contributed by atoms with van der Waals surface area (Å²) in [5.74, 6) is 0. The first-order valence-corrected chi connectivity index (χ1v) is 9.15. The number of hydrogen-bond acceptors (Lipinski definition) is 5. The molecular weight excluding hydrogens is 294 g/mol. The van der Waals surface area contributed by atoms with Crippen molar-refractivity contribution in [3.63, 3.8) is 0 Å². The van der Waals surface area contributed by atoms with Gasteiger partial charge in [-0.25, -0.2) is 13.1 Å². The van der Waals surface area contributed by atoms with Gasteiger partial charge in [0.1, 0.15) is 0 Å². The largest absolute Gasteiger partial charge is 0.315 e. The normalized spacial score (nSPS) is 12.5. The molecule has 0 saturated heterocycles. The molecule has 7 heteroatoms. The molecule has 20 heavy (non-hydrogen) atoms. The molecule has 5 nitrogen and oxygen atoms in total. The number of sulfonamides is 1. The highest BCUT2D eigenvalue weighted by molar-refractivity contribution is 7.89. The minimum Gasteiger partial charge on any atom is -0.315 e. The maximum absolute atomic E-state index is 12.2. The Bertz CT molecular complexity index is 497. The van der Waals surface area contributed by atoms with Crippen molar-refractivity contribution in [3.05, 3.63) is 16.3 Å². The van der Waals surface area contributed by atoms with Crippen LogP contribution in [0.1, 0.15) is 25.1 Å². The van der Waals surface area contributed by atoms with E-state index in [0.717, 1.165) is 17.8 Å². The standard InChI is InChI=1S/C13H25N3O2S2/c1-11(2)16(4)8-5-7-15-20(17,18)13-6-9-19-12(13)10-14-3/h6,9,11,14-15H,5,7-8,10H2,1-4H3. The number of nitrogens with zero attached hydrogens (tertiary/aromatic N) is 1. The van der Waals surface area contributed by atoms with Crippen molar-refractivity contribution in [2.24, 2.45) is 0 Å². The minimum atomic E-state index is -3.39. The van der Waals surface area contributed by atoms with Crippen molar-refractivity contribution < 1.29 is 8.42 Å². The molecule has 0 fully saturated rings. The molecule has 0 bridgehead atoms. The SMILES string of the molecule is CNCc1sccc1S(=O)(=O)NCCCN(C)C(C)C. The Labute approximate surface area is 126 Å². The zero-order valence-electron chi connectivity index (χ0n) is 12.6. The highest BCUT2D eigenvalue weighted by Crippen LogP contribution is 2.21. The molecule has 1 heterocycles. The summed E-state index contributed by atoms with van der Waals surface area (Å²) in [7, 11) is 0.469. The summed E-state index contributed by atoms with van der Waals surface area (Å²) in [5, 5.41) is 4.80. The van der Waals surface area contributed by atoms with Gasteiger partial charge in [0, 0.05) is 24.0 Å². The van der Waals surface area contributed by atoms with Gasteiger partial charge in [0.05, 0.1) is 4.90 Å². The Morgan fingerprint density at radius 1 is 1.40 bits per heavy atom. The monoisotopic (exact) mass is 319 g/mol. The third-order valence-electron chi connectivity index (χ3n) is 3.19. The first-order valence-electron chi connectivity index (χ1n) is 6.79. The Morgan fingerprint density at radius 3 is 2.70 bits per heavy atom. The highest BCUT2D eigenvalue weighted by atomic mass is 32.2. The summed E-state index contributed by atoms with van der Waals surface area (Å²) in [6.07, 6.45) is 0.805. The zero-order valence-corrected chi connectivity index (χ0v) is 14.3. The summed E-state index contributed by atoms with van der Waals surface area (Å²) in [5.41, 5.74) is 0. The van der Waals surface area contributed by atoms with Crippen molar-refractivity contribution in [3.8, 4) is 0 Å². The average Bonchev–Trinajstić information content (AvgIpc) is 2.83. The van der Waals surface area contributed by atoms with Crippen LogP contribution in [0.15, 0.2) is 16.3 Å². The molecule has 116 valence electrons. The molecule has 1 rings (SSSR count). The summed E-state index contributed by atoms with van der Waals surface area (Å²) < 4.78 is 27.1. The molecule has 0 unspecified atom stereocenters. The molecule has 0 aliphatic carbocycles. The lowest BCUT2D eigenvalue weighted by atomic mass is 10.3. The van der Waals surface area contributed by atoms with Gasteiger partial charge in [0.2, 0.25) is 10.0 Å². The van der Waals surface area contributed by atoms with E-state index in [1.54, 1.807) is 6.07 Å². The van der Waals surface area contributed by atoms with Crippen molar-refractivity contribution in [1.29, 1.82) is 0 Å². The summed E-state index contributed by atoms with van der Waals surface area (Å²) in [4.78, 5) is 3.44. The third-order valence-corrected chi connectivity index (χ3v) is 5.79. The molecule has 0 atom stereocenters. The second-order valence-corrected chi connectivity index (χ2v) is 7.80. The minimum absolute atomic E-state index is 0.397. The van der Waals surface area contributed by atoms with E-state index in [9.17, 15) is 8.42 Å². The maximum Gasteiger partial charge on any atom is 0.241 e. The number of hydrogen-bond donors (Lipinski definition) is 2. The van der Waals surface area contributed by atoms with Crippen molar-refractivity contribution in [2.45, 2.75) is 37.8 Å². The molecule has 0 aliphatic rings. The van der Waals surface area contributed by atoms with Crippen LogP contribution in [0, 0.1) is 0 Å². The van der Waals surface area contributed by atoms with Crippen LogP contribution in [-0.2, 0) is 16.6 Å². The van der Waals surface area contributed by atoms with E-state index >= 15 is 0 Å². The van der Waals surface area contributed by atoms with Crippen molar-refractivity contribution in [1.82, 2.24) is 14.9 Å². The summed E-state index contributed by atoms with van der Waals surface area (Å²) in [6, 6.07) is 2.14. The molecule has 1 aromatic heterocycles. The van der Waals surface area contributed by atoms with Crippen LogP contribution in [0.2, 0.25) is 0 Å². The fourth-order valence-corrected chi connectivity index (χ4v) is 4.26. The van der Waals surface area contributed by atoms with Crippen LogP contribution in [-0.4, -0.2) is 46.5 Å². The predicted molar refractivity (Wildman–Crippen MR) is 84.7 cm³/mol. The molecule has 0 aliphatic heterocycles. The highest BCUT2D eigenvalue weighted by Gasteiger charge is 2.18. The van der Waals surface area contributed by atoms with Crippen LogP contribution in [0.3, 0.4) is 0 Å². The maximum atomic E-state index is 12.2. The second-order valence-electron chi connectivity index (χ2n) is 5.06. The van der Waals surface area contributed by atoms with Gasteiger partial charge in [-0.2, -0.15) is 0 Å². The Kier molecular flexibility index (Phi) is 7.11. The molecule has 0 saturated carbocycles. The molecule has 0 spiro atoms. The Hall–Kier alpha value is -0.470. The lowest BCUT2D eigenvalue weighted by Gasteiger charge is -2.20. The van der Waals surface area contributed by atoms with E-state index in [0.29, 0.717) is 24.0 Å². The average molecular weight is 319 g/mol. The number of nitrogens with one attached hydrogen (secondary N) is 2. The topological polar surface area (TPSA) is 61.4 Å². The fraction of sp³-hybridized carbons (Fsp3) is 0.692. The summed E-state index contributed by atoms with van der Waals surface area (Å²) in [6.45, 7) is 6.17. The van der Waals surface area contributed by atoms with Crippen LogP contribution < -0.4 is 10.0 Å². The molecule has 0 radical (unpaired) electrons. The fourth-order valence-electron chi connectivity index (χ4n) is 1.73. The Morgan fingerprint density at radius 2 is 2.10 bits per heavy atom. The summed E-state index contributed by atoms with van der Waals surface area (Å²) >= 11 is 1.46. The molecule has 0 amide bonds. The number of rotatable bonds is 9. The van der Waals surface area contributed by atoms with Gasteiger partial charge in [-0.05, 0) is 52.4 Å². The molecule has 1 aromatic rings. The van der Waals surface area contributed by atoms with Crippen molar-refractivity contribution >= 4 is 21.4 Å². The van der Waals surface area contributed by atoms with Crippen LogP contribution >= 0.6 is 11.3 Å². The van der Waals surface area contributed by atoms with E-state index in [1.165, 1.54) is 11.3 Å². The van der Waals surface area contributed by atoms with Gasteiger partial charge in [-0.1, -0.05) is 0 Å². The van der Waals surface area contributed by atoms with E-state index in [2.05, 4.69) is 28.8 Å². The van der Waals surface area contributed by atoms with E-state index in [-0.39, 0.29) is 0 Å². The zero-order chi connectivity index (χ0) is 15.2. The van der Waals surface area contributed by atoms with Gasteiger partial charge in [-0.3, -0.25) is 0 Å². The Balaban J connectivity index is 2.51. The lowest BCUT2D eigenvalue weighted by molar-refractivity contribution is 0.271. The first kappa shape index (κ1) is 17.6. The van der Waals surface area contributed by atoms with Crippen LogP contribution in [0.5, 0.6) is 0 Å². The first-order chi connectivity index (χ1) is 9.38. The van der Waals surface area contributed by atoms with Gasteiger partial charge >= 0.3 is 0 Å². The van der Waals surface area contributed by atoms with Gasteiger partial charge in [0.15, 0.2) is 0 Å². The van der Waals surface area contributed by atoms with Crippen molar-refractivity contribution in [2.75, 3.05) is 27.2 Å². The third kappa shape index (κ3) is 5.14. The number of thiophene rings is 1. The molecule has 0 aromatic carbocycles. The van der Waals surface area contributed by atoms with Gasteiger partial charge in [0.25, 0.3) is 0 Å². The molecular formula is C13H25N3O2S2. The quantitative estimate of drug-likeness (QED) is 0.677. The second kappa shape index (κ2) is 8.09. The van der Waals surface area contributed by atoms with Crippen LogP contribution in [0.4, 0.5) is 0 Å². The predicted octanol–water partition coefficient (Wildman–Crippen LogP) is 1.48. The molecule has 2 N–H and O–H groups in total.